The molecule has 64 valence electrons. The molecule has 4 N–H and O–H groups in total. The lowest BCUT2D eigenvalue weighted by Crippen LogP contribution is -2.34. The van der Waals surface area contributed by atoms with Gasteiger partial charge in [-0.2, -0.15) is 10.1 Å². The van der Waals surface area contributed by atoms with E-state index in [0.29, 0.717) is 5.95 Å². The Bertz CT molecular complexity index is 314. The van der Waals surface area contributed by atoms with Gasteiger partial charge in [0, 0.05) is 5.70 Å². The maximum Gasteiger partial charge on any atom is 0.227 e. The topological polar surface area (TPSA) is 80.8 Å². The smallest absolute Gasteiger partial charge is 0.227 e. The van der Waals surface area contributed by atoms with Crippen molar-refractivity contribution in [3.63, 3.8) is 0 Å². The Morgan fingerprint density at radius 3 is 3.33 bits per heavy atom. The van der Waals surface area contributed by atoms with Crippen LogP contribution in [-0.2, 0) is 0 Å². The molecule has 0 bridgehead atoms. The Morgan fingerprint density at radius 2 is 2.58 bits per heavy atom. The van der Waals surface area contributed by atoms with Crippen LogP contribution in [0.3, 0.4) is 0 Å². The number of aromatic nitrogens is 3. The maximum absolute atomic E-state index is 5.33. The van der Waals surface area contributed by atoms with Gasteiger partial charge in [0.15, 0.2) is 0 Å². The molecule has 1 aromatic rings. The predicted molar refractivity (Wildman–Crippen MR) is 43.8 cm³/mol. The lowest BCUT2D eigenvalue weighted by Gasteiger charge is -2.20. The van der Waals surface area contributed by atoms with E-state index >= 15 is 0 Å². The minimum atomic E-state index is -0.108. The highest BCUT2D eigenvalue weighted by molar-refractivity contribution is 5.37. The Morgan fingerprint density at radius 1 is 1.75 bits per heavy atom. The third-order valence-corrected chi connectivity index (χ3v) is 1.72. The zero-order valence-corrected chi connectivity index (χ0v) is 6.65. The molecule has 0 fully saturated rings. The van der Waals surface area contributed by atoms with E-state index in [1.54, 1.807) is 4.68 Å². The van der Waals surface area contributed by atoms with E-state index in [1.807, 2.05) is 13.0 Å². The van der Waals surface area contributed by atoms with Crippen LogP contribution in [0, 0.1) is 0 Å². The first-order chi connectivity index (χ1) is 5.81. The summed E-state index contributed by atoms with van der Waals surface area (Å²) < 4.78 is 1.67. The van der Waals surface area contributed by atoms with Crippen molar-refractivity contribution in [2.75, 3.05) is 5.32 Å². The molecule has 0 radical (unpaired) electrons. The van der Waals surface area contributed by atoms with Crippen LogP contribution in [0.15, 0.2) is 18.1 Å². The molecular formula is C6H10N6. The minimum absolute atomic E-state index is 0.108. The summed E-state index contributed by atoms with van der Waals surface area (Å²) in [6.07, 6.45) is 3.31. The summed E-state index contributed by atoms with van der Waals surface area (Å²) in [4.78, 5) is 4.01. The number of nitrogens with one attached hydrogen (secondary N) is 2. The Balaban J connectivity index is 2.40. The van der Waals surface area contributed by atoms with E-state index in [-0.39, 0.29) is 6.17 Å². The highest BCUT2D eigenvalue weighted by Gasteiger charge is 2.17. The molecule has 0 spiro atoms. The van der Waals surface area contributed by atoms with Gasteiger partial charge in [0.05, 0.1) is 0 Å². The Hall–Kier alpha value is -1.40. The van der Waals surface area contributed by atoms with Gasteiger partial charge in [-0.05, 0) is 13.0 Å². The van der Waals surface area contributed by atoms with E-state index in [4.69, 9.17) is 5.84 Å². The fourth-order valence-electron chi connectivity index (χ4n) is 1.19. The van der Waals surface area contributed by atoms with Crippen molar-refractivity contribution < 1.29 is 0 Å². The molecule has 12 heavy (non-hydrogen) atoms. The van der Waals surface area contributed by atoms with Gasteiger partial charge >= 0.3 is 0 Å². The normalized spacial score (nSPS) is 21.2. The second-order valence-electron chi connectivity index (χ2n) is 2.61. The number of hydrogen-bond donors (Lipinski definition) is 3. The van der Waals surface area contributed by atoms with Crippen molar-refractivity contribution in [2.45, 2.75) is 13.1 Å². The van der Waals surface area contributed by atoms with Gasteiger partial charge in [-0.1, -0.05) is 0 Å². The molecule has 2 rings (SSSR count). The van der Waals surface area contributed by atoms with Crippen LogP contribution in [0.25, 0.3) is 0 Å². The van der Waals surface area contributed by atoms with E-state index in [9.17, 15) is 0 Å². The summed E-state index contributed by atoms with van der Waals surface area (Å²) in [5.41, 5.74) is 3.63. The monoisotopic (exact) mass is 166 g/mol. The minimum Gasteiger partial charge on any atom is -0.329 e. The second kappa shape index (κ2) is 2.58. The van der Waals surface area contributed by atoms with Crippen molar-refractivity contribution in [1.82, 2.24) is 20.2 Å². The summed E-state index contributed by atoms with van der Waals surface area (Å²) in [7, 11) is 0. The van der Waals surface area contributed by atoms with Crippen LogP contribution < -0.4 is 16.6 Å². The van der Waals surface area contributed by atoms with Crippen molar-refractivity contribution in [2.24, 2.45) is 5.84 Å². The van der Waals surface area contributed by atoms with Gasteiger partial charge in [-0.25, -0.2) is 10.1 Å². The molecule has 0 aromatic carbocycles. The largest absolute Gasteiger partial charge is 0.329 e. The van der Waals surface area contributed by atoms with Gasteiger partial charge in [-0.3, -0.25) is 5.84 Å². The summed E-state index contributed by atoms with van der Waals surface area (Å²) in [6.45, 7) is 1.95. The van der Waals surface area contributed by atoms with Gasteiger partial charge in [0.25, 0.3) is 0 Å². The van der Waals surface area contributed by atoms with Gasteiger partial charge in [-0.15, -0.1) is 0 Å². The third-order valence-electron chi connectivity index (χ3n) is 1.72. The summed E-state index contributed by atoms with van der Waals surface area (Å²) in [6, 6.07) is 0. The summed E-state index contributed by atoms with van der Waals surface area (Å²) >= 11 is 0. The fourth-order valence-corrected chi connectivity index (χ4v) is 1.19. The zero-order valence-electron chi connectivity index (χ0n) is 6.65. The molecule has 0 aliphatic carbocycles. The van der Waals surface area contributed by atoms with Crippen LogP contribution in [0.4, 0.5) is 5.95 Å². The van der Waals surface area contributed by atoms with E-state index in [0.717, 1.165) is 5.70 Å². The third kappa shape index (κ3) is 0.973. The number of nitrogens with zero attached hydrogens (tertiary/aromatic N) is 3. The van der Waals surface area contributed by atoms with Crippen LogP contribution in [0.5, 0.6) is 0 Å². The van der Waals surface area contributed by atoms with E-state index in [1.165, 1.54) is 6.33 Å². The average molecular weight is 166 g/mol. The van der Waals surface area contributed by atoms with Crippen LogP contribution in [0.1, 0.15) is 13.1 Å². The number of anilines is 1. The molecular weight excluding hydrogens is 156 g/mol. The highest BCUT2D eigenvalue weighted by Crippen LogP contribution is 2.18. The molecule has 0 saturated heterocycles. The van der Waals surface area contributed by atoms with Crippen molar-refractivity contribution in [3.05, 3.63) is 18.1 Å². The Kier molecular flexibility index (Phi) is 1.56. The average Bonchev–Trinajstić information content (AvgIpc) is 2.50. The molecule has 0 saturated carbocycles. The number of nitrogens with two attached hydrogens (primary N) is 1. The molecule has 1 aromatic heterocycles. The molecule has 1 unspecified atom stereocenters. The first-order valence-electron chi connectivity index (χ1n) is 3.62. The first-order valence-corrected chi connectivity index (χ1v) is 3.62. The number of allylic oxidation sites excluding steroid dienone is 1. The molecule has 1 aliphatic rings. The van der Waals surface area contributed by atoms with Crippen LogP contribution in [0.2, 0.25) is 0 Å². The van der Waals surface area contributed by atoms with Gasteiger partial charge in [0.1, 0.15) is 12.5 Å². The lowest BCUT2D eigenvalue weighted by molar-refractivity contribution is 0.448. The SMILES string of the molecule is CC1=CC(NN)n2ncnc2N1. The van der Waals surface area contributed by atoms with Gasteiger partial charge < -0.3 is 5.32 Å². The van der Waals surface area contributed by atoms with Crippen molar-refractivity contribution >= 4 is 5.95 Å². The predicted octanol–water partition coefficient (Wildman–Crippen LogP) is -0.431. The Labute approximate surface area is 69.4 Å². The molecule has 6 nitrogen and oxygen atoms in total. The number of rotatable bonds is 1. The standard InChI is InChI=1S/C6H10N6/c1-4-2-5(11-7)12-6(10-4)8-3-9-12/h2-3,5,11H,7H2,1H3,(H,8,9,10). The van der Waals surface area contributed by atoms with E-state index < -0.39 is 0 Å². The van der Waals surface area contributed by atoms with Crippen molar-refractivity contribution in [3.8, 4) is 0 Å². The van der Waals surface area contributed by atoms with Gasteiger partial charge in [0.2, 0.25) is 5.95 Å². The van der Waals surface area contributed by atoms with E-state index in [2.05, 4.69) is 20.8 Å². The molecule has 1 aliphatic heterocycles. The fraction of sp³-hybridized carbons (Fsp3) is 0.333. The molecule has 0 amide bonds. The highest BCUT2D eigenvalue weighted by atomic mass is 15.5. The van der Waals surface area contributed by atoms with Crippen LogP contribution >= 0.6 is 0 Å². The molecule has 1 atom stereocenters. The number of fused-ring (bicyclic) bond motifs is 1. The molecule has 2 heterocycles. The zero-order chi connectivity index (χ0) is 8.55. The number of hydrogen-bond acceptors (Lipinski definition) is 5. The van der Waals surface area contributed by atoms with Crippen LogP contribution in [-0.4, -0.2) is 14.8 Å². The second-order valence-corrected chi connectivity index (χ2v) is 2.61. The quantitative estimate of drug-likeness (QED) is 0.389. The summed E-state index contributed by atoms with van der Waals surface area (Å²) in [5.74, 6) is 6.03. The maximum atomic E-state index is 5.33. The lowest BCUT2D eigenvalue weighted by atomic mass is 10.3. The molecule has 6 heteroatoms. The summed E-state index contributed by atoms with van der Waals surface area (Å²) in [5, 5.41) is 7.06. The van der Waals surface area contributed by atoms with Crippen molar-refractivity contribution in [1.29, 1.82) is 0 Å². The number of hydrazine groups is 1. The first kappa shape index (κ1) is 7.26.